The minimum absolute atomic E-state index is 0.157. The molecule has 1 aromatic heterocycles. The Morgan fingerprint density at radius 1 is 1.00 bits per heavy atom. The lowest BCUT2D eigenvalue weighted by atomic mass is 9.64. The first-order valence-corrected chi connectivity index (χ1v) is 14.7. The standard InChI is InChI=1S/C34H38FN3O5/c1-41-17-18-43-25-9-7-23(8-10-25)32(40)34(22-39)31-30(27-12-11-26(42-2)19-29(27)37-31)33(13-15-36-16-14-33)21-38(34)20-24-5-3-4-6-28(24)35/h3-12,19,36-37,39H,13-18,20-22H2,1-2H3. The molecular formula is C34H38FN3O5. The van der Waals surface area contributed by atoms with E-state index in [1.807, 2.05) is 23.1 Å². The van der Waals surface area contributed by atoms with Crippen molar-refractivity contribution in [3.63, 3.8) is 0 Å². The predicted octanol–water partition coefficient (Wildman–Crippen LogP) is 4.55. The van der Waals surface area contributed by atoms with Crippen molar-refractivity contribution in [1.29, 1.82) is 0 Å². The molecule has 226 valence electrons. The Bertz CT molecular complexity index is 1600. The summed E-state index contributed by atoms with van der Waals surface area (Å²) in [4.78, 5) is 20.4. The van der Waals surface area contributed by atoms with Gasteiger partial charge in [0, 0.05) is 53.7 Å². The van der Waals surface area contributed by atoms with Gasteiger partial charge in [0.15, 0.2) is 5.78 Å². The quantitative estimate of drug-likeness (QED) is 0.185. The number of carbonyl (C=O) groups excluding carboxylic acids is 1. The number of methoxy groups -OCH3 is 2. The molecule has 2 aliphatic heterocycles. The molecule has 1 saturated heterocycles. The van der Waals surface area contributed by atoms with E-state index in [9.17, 15) is 9.90 Å². The van der Waals surface area contributed by atoms with Gasteiger partial charge >= 0.3 is 0 Å². The fourth-order valence-corrected chi connectivity index (χ4v) is 6.93. The highest BCUT2D eigenvalue weighted by Crippen LogP contribution is 2.52. The number of hydrogen-bond donors (Lipinski definition) is 3. The van der Waals surface area contributed by atoms with E-state index < -0.39 is 12.1 Å². The van der Waals surface area contributed by atoms with Crippen molar-refractivity contribution >= 4 is 16.7 Å². The molecule has 0 bridgehead atoms. The molecule has 1 unspecified atom stereocenters. The van der Waals surface area contributed by atoms with E-state index in [-0.39, 0.29) is 23.6 Å². The molecule has 3 aromatic carbocycles. The molecule has 3 N–H and O–H groups in total. The highest BCUT2D eigenvalue weighted by Gasteiger charge is 2.57. The molecule has 0 amide bonds. The lowest BCUT2D eigenvalue weighted by Gasteiger charge is -2.53. The number of halogens is 1. The second-order valence-electron chi connectivity index (χ2n) is 11.5. The number of aromatic nitrogens is 1. The van der Waals surface area contributed by atoms with Gasteiger partial charge in [-0.1, -0.05) is 18.2 Å². The number of Topliss-reactive ketones (excluding diaryl/α,β-unsaturated/α-hetero) is 1. The zero-order valence-corrected chi connectivity index (χ0v) is 24.6. The monoisotopic (exact) mass is 587 g/mol. The van der Waals surface area contributed by atoms with Crippen molar-refractivity contribution in [2.24, 2.45) is 0 Å². The van der Waals surface area contributed by atoms with Crippen LogP contribution in [0.5, 0.6) is 11.5 Å². The minimum Gasteiger partial charge on any atom is -0.497 e. The molecule has 3 heterocycles. The number of carbonyl (C=O) groups is 1. The van der Waals surface area contributed by atoms with Crippen molar-refractivity contribution in [1.82, 2.24) is 15.2 Å². The maximum atomic E-state index is 15.1. The number of benzene rings is 3. The molecule has 8 nitrogen and oxygen atoms in total. The Morgan fingerprint density at radius 2 is 1.74 bits per heavy atom. The van der Waals surface area contributed by atoms with Crippen LogP contribution in [0.15, 0.2) is 66.7 Å². The number of nitrogens with zero attached hydrogens (tertiary/aromatic N) is 1. The van der Waals surface area contributed by atoms with E-state index in [0.29, 0.717) is 48.1 Å². The molecule has 43 heavy (non-hydrogen) atoms. The van der Waals surface area contributed by atoms with Gasteiger partial charge in [-0.05, 0) is 74.0 Å². The summed E-state index contributed by atoms with van der Waals surface area (Å²) in [6.45, 7) is 2.63. The van der Waals surface area contributed by atoms with E-state index in [1.165, 1.54) is 6.07 Å². The van der Waals surface area contributed by atoms with Gasteiger partial charge in [-0.25, -0.2) is 4.39 Å². The Hall–Kier alpha value is -3.76. The second kappa shape index (κ2) is 12.1. The summed E-state index contributed by atoms with van der Waals surface area (Å²) in [7, 11) is 3.23. The second-order valence-corrected chi connectivity index (χ2v) is 11.5. The Labute approximate surface area is 250 Å². The van der Waals surface area contributed by atoms with Gasteiger partial charge in [0.05, 0.1) is 26.0 Å². The van der Waals surface area contributed by atoms with Crippen LogP contribution >= 0.6 is 0 Å². The number of aliphatic hydroxyl groups excluding tert-OH is 1. The summed E-state index contributed by atoms with van der Waals surface area (Å²) in [5.74, 6) is 0.702. The summed E-state index contributed by atoms with van der Waals surface area (Å²) in [5, 5.41) is 15.9. The number of hydrogen-bond acceptors (Lipinski definition) is 7. The van der Waals surface area contributed by atoms with Gasteiger partial charge in [0.1, 0.15) is 29.5 Å². The smallest absolute Gasteiger partial charge is 0.191 e. The van der Waals surface area contributed by atoms with Crippen LogP contribution in [0.4, 0.5) is 4.39 Å². The molecular weight excluding hydrogens is 549 g/mol. The van der Waals surface area contributed by atoms with E-state index in [1.54, 1.807) is 56.7 Å². The minimum atomic E-state index is -1.49. The largest absolute Gasteiger partial charge is 0.497 e. The van der Waals surface area contributed by atoms with E-state index >= 15 is 4.39 Å². The van der Waals surface area contributed by atoms with E-state index in [2.05, 4.69) is 10.3 Å². The van der Waals surface area contributed by atoms with Crippen molar-refractivity contribution in [3.05, 3.63) is 94.9 Å². The number of piperidine rings is 1. The maximum Gasteiger partial charge on any atom is 0.191 e. The van der Waals surface area contributed by atoms with Gasteiger partial charge in [-0.2, -0.15) is 0 Å². The molecule has 0 aliphatic carbocycles. The van der Waals surface area contributed by atoms with Crippen molar-refractivity contribution < 1.29 is 28.5 Å². The lowest BCUT2D eigenvalue weighted by molar-refractivity contribution is -0.00902. The molecule has 1 atom stereocenters. The van der Waals surface area contributed by atoms with Crippen LogP contribution in [-0.4, -0.2) is 74.4 Å². The molecule has 1 spiro atoms. The van der Waals surface area contributed by atoms with Gasteiger partial charge < -0.3 is 29.6 Å². The summed E-state index contributed by atoms with van der Waals surface area (Å²) >= 11 is 0. The summed E-state index contributed by atoms with van der Waals surface area (Å²) in [5.41, 5.74) is 1.65. The molecule has 0 radical (unpaired) electrons. The topological polar surface area (TPSA) is 96.1 Å². The number of nitrogens with one attached hydrogen (secondary N) is 2. The predicted molar refractivity (Wildman–Crippen MR) is 162 cm³/mol. The molecule has 9 heteroatoms. The number of rotatable bonds is 10. The van der Waals surface area contributed by atoms with Crippen LogP contribution in [0.3, 0.4) is 0 Å². The zero-order valence-electron chi connectivity index (χ0n) is 24.6. The lowest BCUT2D eigenvalue weighted by Crippen LogP contribution is -2.63. The third-order valence-corrected chi connectivity index (χ3v) is 9.14. The van der Waals surface area contributed by atoms with Crippen LogP contribution < -0.4 is 14.8 Å². The van der Waals surface area contributed by atoms with Crippen molar-refractivity contribution in [3.8, 4) is 11.5 Å². The number of ether oxygens (including phenoxy) is 3. The maximum absolute atomic E-state index is 15.1. The zero-order chi connectivity index (χ0) is 30.0. The number of aromatic amines is 1. The van der Waals surface area contributed by atoms with E-state index in [0.717, 1.165) is 42.4 Å². The van der Waals surface area contributed by atoms with Gasteiger partial charge in [-0.15, -0.1) is 0 Å². The Kier molecular flexibility index (Phi) is 8.24. The van der Waals surface area contributed by atoms with Gasteiger partial charge in [0.2, 0.25) is 0 Å². The summed E-state index contributed by atoms with van der Waals surface area (Å²) in [6.07, 6.45) is 1.69. The van der Waals surface area contributed by atoms with Crippen molar-refractivity contribution in [2.75, 3.05) is 53.7 Å². The first-order valence-electron chi connectivity index (χ1n) is 14.7. The third kappa shape index (κ3) is 5.10. The third-order valence-electron chi connectivity index (χ3n) is 9.14. The van der Waals surface area contributed by atoms with Crippen LogP contribution in [-0.2, 0) is 22.2 Å². The van der Waals surface area contributed by atoms with Gasteiger partial charge in [-0.3, -0.25) is 9.69 Å². The average Bonchev–Trinajstić information content (AvgIpc) is 3.43. The van der Waals surface area contributed by atoms with Crippen LogP contribution in [0.25, 0.3) is 10.9 Å². The number of aliphatic hydroxyl groups is 1. The number of H-pyrrole nitrogens is 1. The highest BCUT2D eigenvalue weighted by atomic mass is 19.1. The molecule has 1 fully saturated rings. The first kappa shape index (κ1) is 29.3. The summed E-state index contributed by atoms with van der Waals surface area (Å²) in [6, 6.07) is 19.5. The highest BCUT2D eigenvalue weighted by molar-refractivity contribution is 6.05. The fourth-order valence-electron chi connectivity index (χ4n) is 6.93. The molecule has 6 rings (SSSR count). The molecule has 0 saturated carbocycles. The van der Waals surface area contributed by atoms with Crippen molar-refractivity contribution in [2.45, 2.75) is 30.3 Å². The number of ketones is 1. The van der Waals surface area contributed by atoms with Crippen LogP contribution in [0.1, 0.15) is 40.0 Å². The molecule has 4 aromatic rings. The normalized spacial score (nSPS) is 19.8. The number of fused-ring (bicyclic) bond motifs is 4. The van der Waals surface area contributed by atoms with Gasteiger partial charge in [0.25, 0.3) is 0 Å². The van der Waals surface area contributed by atoms with E-state index in [4.69, 9.17) is 14.2 Å². The van der Waals surface area contributed by atoms with Crippen LogP contribution in [0.2, 0.25) is 0 Å². The Morgan fingerprint density at radius 3 is 2.44 bits per heavy atom. The SMILES string of the molecule is COCCOc1ccc(C(=O)C2(CO)c3[nH]c4cc(OC)ccc4c3C3(CCNCC3)CN2Cc2ccccc2F)cc1. The summed E-state index contributed by atoms with van der Waals surface area (Å²) < 4.78 is 31.5. The van der Waals surface area contributed by atoms with Crippen LogP contribution in [0, 0.1) is 5.82 Å². The first-order chi connectivity index (χ1) is 21.0. The average molecular weight is 588 g/mol. The fraction of sp³-hybridized carbons (Fsp3) is 0.382. The Balaban J connectivity index is 1.54. The molecule has 2 aliphatic rings.